The Bertz CT molecular complexity index is 900. The number of nitro benzene ring substituents is 1. The first-order chi connectivity index (χ1) is 13.6. The average molecular weight is 412 g/mol. The molecule has 29 heavy (non-hydrogen) atoms. The van der Waals surface area contributed by atoms with E-state index in [1.54, 1.807) is 6.07 Å². The predicted molar refractivity (Wildman–Crippen MR) is 98.0 cm³/mol. The quantitative estimate of drug-likeness (QED) is 0.405. The lowest BCUT2D eigenvalue weighted by Crippen LogP contribution is -2.32. The average Bonchev–Trinajstić information content (AvgIpc) is 2.65. The molecule has 2 aromatic carbocycles. The van der Waals surface area contributed by atoms with Gasteiger partial charge < -0.3 is 14.8 Å². The highest BCUT2D eigenvalue weighted by Gasteiger charge is 2.33. The molecular formula is C19H19F3N2O5. The highest BCUT2D eigenvalue weighted by molar-refractivity contribution is 5.77. The summed E-state index contributed by atoms with van der Waals surface area (Å²) in [6.07, 6.45) is -4.73. The van der Waals surface area contributed by atoms with Crippen molar-refractivity contribution in [3.05, 3.63) is 63.2 Å². The molecule has 0 radical (unpaired) electrons. The van der Waals surface area contributed by atoms with Crippen LogP contribution in [0.1, 0.15) is 16.7 Å². The van der Waals surface area contributed by atoms with Crippen LogP contribution in [0.4, 0.5) is 18.9 Å². The summed E-state index contributed by atoms with van der Waals surface area (Å²) in [6, 6.07) is 7.41. The van der Waals surface area contributed by atoms with E-state index in [1.165, 1.54) is 0 Å². The van der Waals surface area contributed by atoms with Crippen molar-refractivity contribution in [3.8, 4) is 11.5 Å². The fraction of sp³-hybridized carbons (Fsp3) is 0.316. The van der Waals surface area contributed by atoms with Crippen LogP contribution in [-0.4, -0.2) is 30.6 Å². The maximum Gasteiger partial charge on any atom is 0.416 e. The monoisotopic (exact) mass is 412 g/mol. The van der Waals surface area contributed by atoms with Crippen molar-refractivity contribution < 1.29 is 32.4 Å². The van der Waals surface area contributed by atoms with Crippen LogP contribution >= 0.6 is 0 Å². The summed E-state index contributed by atoms with van der Waals surface area (Å²) < 4.78 is 48.5. The minimum Gasteiger partial charge on any atom is -0.492 e. The Hall–Kier alpha value is -3.30. The molecule has 0 saturated heterocycles. The van der Waals surface area contributed by atoms with E-state index >= 15 is 0 Å². The number of nitrogens with one attached hydrogen (secondary N) is 1. The molecule has 0 aliphatic heterocycles. The van der Waals surface area contributed by atoms with Gasteiger partial charge in [-0.05, 0) is 49.2 Å². The summed E-state index contributed by atoms with van der Waals surface area (Å²) in [5.74, 6) is -0.369. The van der Waals surface area contributed by atoms with Gasteiger partial charge in [0.1, 0.15) is 12.4 Å². The zero-order valence-electron chi connectivity index (χ0n) is 15.7. The van der Waals surface area contributed by atoms with E-state index in [4.69, 9.17) is 9.47 Å². The molecule has 0 aromatic heterocycles. The molecule has 1 N–H and O–H groups in total. The smallest absolute Gasteiger partial charge is 0.416 e. The van der Waals surface area contributed by atoms with E-state index < -0.39 is 40.6 Å². The molecule has 0 unspecified atom stereocenters. The summed E-state index contributed by atoms with van der Waals surface area (Å²) >= 11 is 0. The molecule has 0 aliphatic rings. The van der Waals surface area contributed by atoms with E-state index in [-0.39, 0.29) is 13.2 Å². The molecule has 0 atom stereocenters. The van der Waals surface area contributed by atoms with E-state index in [0.717, 1.165) is 17.2 Å². The van der Waals surface area contributed by atoms with Crippen molar-refractivity contribution in [1.29, 1.82) is 0 Å². The third-order valence-corrected chi connectivity index (χ3v) is 4.01. The zero-order valence-corrected chi connectivity index (χ0v) is 15.7. The maximum absolute atomic E-state index is 12.7. The molecular weight excluding hydrogens is 393 g/mol. The second-order valence-electron chi connectivity index (χ2n) is 6.17. The number of carbonyl (C=O) groups excluding carboxylic acids is 1. The van der Waals surface area contributed by atoms with Crippen molar-refractivity contribution in [2.24, 2.45) is 0 Å². The molecule has 0 fully saturated rings. The zero-order chi connectivity index (χ0) is 21.6. The van der Waals surface area contributed by atoms with Crippen LogP contribution in [0, 0.1) is 24.0 Å². The van der Waals surface area contributed by atoms with Gasteiger partial charge in [-0.3, -0.25) is 14.9 Å². The number of aryl methyl sites for hydroxylation is 2. The Balaban J connectivity index is 1.84. The standard InChI is InChI=1S/C19H19F3N2O5/c1-12-3-5-15(9-13(12)2)28-8-7-23-18(25)11-29-17-6-4-14(19(20,21)22)10-16(17)24(26)27/h3-6,9-10H,7-8,11H2,1-2H3,(H,23,25). The van der Waals surface area contributed by atoms with Crippen molar-refractivity contribution in [2.75, 3.05) is 19.8 Å². The van der Waals surface area contributed by atoms with Crippen LogP contribution in [0.5, 0.6) is 11.5 Å². The molecule has 0 spiro atoms. The van der Waals surface area contributed by atoms with E-state index in [0.29, 0.717) is 17.9 Å². The Morgan fingerprint density at radius 3 is 2.45 bits per heavy atom. The third kappa shape index (κ3) is 6.37. The minimum atomic E-state index is -4.73. The number of hydrogen-bond donors (Lipinski definition) is 1. The Morgan fingerprint density at radius 2 is 1.83 bits per heavy atom. The van der Waals surface area contributed by atoms with Crippen molar-refractivity contribution >= 4 is 11.6 Å². The first kappa shape index (κ1) is 22.0. The van der Waals surface area contributed by atoms with Crippen LogP contribution in [0.3, 0.4) is 0 Å². The van der Waals surface area contributed by atoms with E-state index in [9.17, 15) is 28.1 Å². The van der Waals surface area contributed by atoms with Gasteiger partial charge in [0.2, 0.25) is 0 Å². The number of nitrogens with zero attached hydrogens (tertiary/aromatic N) is 1. The Kier molecular flexibility index (Phi) is 7.03. The van der Waals surface area contributed by atoms with Gasteiger partial charge in [0.25, 0.3) is 5.91 Å². The fourth-order valence-corrected chi connectivity index (χ4v) is 2.32. The molecule has 2 rings (SSSR count). The summed E-state index contributed by atoms with van der Waals surface area (Å²) in [4.78, 5) is 21.8. The second-order valence-corrected chi connectivity index (χ2v) is 6.17. The molecule has 0 aliphatic carbocycles. The van der Waals surface area contributed by atoms with Gasteiger partial charge in [0.15, 0.2) is 12.4 Å². The van der Waals surface area contributed by atoms with Crippen LogP contribution in [0.15, 0.2) is 36.4 Å². The molecule has 0 heterocycles. The van der Waals surface area contributed by atoms with Gasteiger partial charge >= 0.3 is 11.9 Å². The van der Waals surface area contributed by atoms with Gasteiger partial charge in [-0.15, -0.1) is 0 Å². The van der Waals surface area contributed by atoms with Crippen molar-refractivity contribution in [1.82, 2.24) is 5.32 Å². The predicted octanol–water partition coefficient (Wildman–Crippen LogP) is 3.80. The topological polar surface area (TPSA) is 90.7 Å². The summed E-state index contributed by atoms with van der Waals surface area (Å²) in [7, 11) is 0. The molecule has 0 saturated carbocycles. The lowest BCUT2D eigenvalue weighted by molar-refractivity contribution is -0.386. The molecule has 10 heteroatoms. The van der Waals surface area contributed by atoms with Gasteiger partial charge in [-0.2, -0.15) is 13.2 Å². The highest BCUT2D eigenvalue weighted by atomic mass is 19.4. The van der Waals surface area contributed by atoms with Gasteiger partial charge in [-0.25, -0.2) is 0 Å². The first-order valence-electron chi connectivity index (χ1n) is 8.53. The maximum atomic E-state index is 12.7. The fourth-order valence-electron chi connectivity index (χ4n) is 2.32. The Morgan fingerprint density at radius 1 is 1.10 bits per heavy atom. The lowest BCUT2D eigenvalue weighted by atomic mass is 10.1. The SMILES string of the molecule is Cc1ccc(OCCNC(=O)COc2ccc(C(F)(F)F)cc2[N+](=O)[O-])cc1C. The van der Waals surface area contributed by atoms with Crippen molar-refractivity contribution in [3.63, 3.8) is 0 Å². The number of nitro groups is 1. The summed E-state index contributed by atoms with van der Waals surface area (Å²) in [5.41, 5.74) is 0.147. The van der Waals surface area contributed by atoms with Gasteiger partial charge in [-0.1, -0.05) is 6.07 Å². The largest absolute Gasteiger partial charge is 0.492 e. The number of carbonyl (C=O) groups is 1. The summed E-state index contributed by atoms with van der Waals surface area (Å²) in [6.45, 7) is 3.68. The number of alkyl halides is 3. The number of ether oxygens (including phenoxy) is 2. The number of amides is 1. The Labute approximate surface area is 164 Å². The molecule has 1 amide bonds. The van der Waals surface area contributed by atoms with Crippen LogP contribution < -0.4 is 14.8 Å². The van der Waals surface area contributed by atoms with Crippen LogP contribution in [0.2, 0.25) is 0 Å². The number of hydrogen-bond acceptors (Lipinski definition) is 5. The second kappa shape index (κ2) is 9.26. The lowest BCUT2D eigenvalue weighted by Gasteiger charge is -2.11. The van der Waals surface area contributed by atoms with E-state index in [1.807, 2.05) is 26.0 Å². The first-order valence-corrected chi connectivity index (χ1v) is 8.53. The van der Waals surface area contributed by atoms with Crippen LogP contribution in [-0.2, 0) is 11.0 Å². The molecule has 7 nitrogen and oxygen atoms in total. The molecule has 2 aromatic rings. The van der Waals surface area contributed by atoms with Gasteiger partial charge in [0.05, 0.1) is 17.0 Å². The van der Waals surface area contributed by atoms with Crippen molar-refractivity contribution in [2.45, 2.75) is 20.0 Å². The number of rotatable bonds is 8. The highest BCUT2D eigenvalue weighted by Crippen LogP contribution is 2.35. The molecule has 0 bridgehead atoms. The van der Waals surface area contributed by atoms with E-state index in [2.05, 4.69) is 5.32 Å². The van der Waals surface area contributed by atoms with Crippen LogP contribution in [0.25, 0.3) is 0 Å². The minimum absolute atomic E-state index is 0.157. The molecule has 156 valence electrons. The van der Waals surface area contributed by atoms with Gasteiger partial charge in [0, 0.05) is 6.07 Å². The number of halogens is 3. The number of benzene rings is 2. The normalized spacial score (nSPS) is 11.1. The summed E-state index contributed by atoms with van der Waals surface area (Å²) in [5, 5.41) is 13.5. The third-order valence-electron chi connectivity index (χ3n) is 4.01.